The molecule has 0 amide bonds. The molecule has 6 nitrogen and oxygen atoms in total. The minimum atomic E-state index is -0.890. The van der Waals surface area contributed by atoms with E-state index in [2.05, 4.69) is 10.3 Å². The summed E-state index contributed by atoms with van der Waals surface area (Å²) in [7, 11) is 1.59. The summed E-state index contributed by atoms with van der Waals surface area (Å²) in [4.78, 5) is 10.7. The van der Waals surface area contributed by atoms with Crippen molar-refractivity contribution in [3.8, 4) is 0 Å². The molecular weight excluding hydrogens is 234 g/mol. The molecule has 0 atom stereocenters. The van der Waals surface area contributed by atoms with Crippen LogP contribution in [0.1, 0.15) is 37.1 Å². The van der Waals surface area contributed by atoms with Crippen molar-refractivity contribution in [3.05, 3.63) is 11.4 Å². The van der Waals surface area contributed by atoms with Crippen LogP contribution >= 0.6 is 0 Å². The molecule has 0 saturated heterocycles. The van der Waals surface area contributed by atoms with Gasteiger partial charge in [-0.25, -0.2) is 4.68 Å². The molecule has 0 spiro atoms. The average Bonchev–Trinajstić information content (AvgIpc) is 2.60. The number of aryl methyl sites for hydroxylation is 1. The summed E-state index contributed by atoms with van der Waals surface area (Å²) in [5, 5.41) is 16.8. The first-order chi connectivity index (χ1) is 8.70. The fourth-order valence-corrected chi connectivity index (χ4v) is 2.21. The summed E-state index contributed by atoms with van der Waals surface area (Å²) in [6.45, 7) is 1.16. The van der Waals surface area contributed by atoms with E-state index in [1.54, 1.807) is 11.8 Å². The van der Waals surface area contributed by atoms with Crippen LogP contribution in [0.3, 0.4) is 0 Å². The van der Waals surface area contributed by atoms with Gasteiger partial charge in [0.25, 0.3) is 0 Å². The van der Waals surface area contributed by atoms with Crippen molar-refractivity contribution in [1.82, 2.24) is 15.0 Å². The van der Waals surface area contributed by atoms with E-state index in [0.717, 1.165) is 24.6 Å². The lowest BCUT2D eigenvalue weighted by Gasteiger charge is -2.25. The Kier molecular flexibility index (Phi) is 4.30. The molecule has 6 heteroatoms. The number of nitrogens with zero attached hydrogens (tertiary/aromatic N) is 3. The van der Waals surface area contributed by atoms with E-state index in [1.807, 2.05) is 0 Å². The standard InChI is InChI=1S/C12H19N3O3/c1-18-8-11-10(7-12(16)17)13-14-15(11)6-5-9-3-2-4-9/h9H,2-8H2,1H3,(H,16,17). The van der Waals surface area contributed by atoms with Gasteiger partial charge in [-0.05, 0) is 12.3 Å². The number of hydrogen-bond donors (Lipinski definition) is 1. The third-order valence-corrected chi connectivity index (χ3v) is 3.49. The van der Waals surface area contributed by atoms with Gasteiger partial charge in [0.2, 0.25) is 0 Å². The Balaban J connectivity index is 2.02. The average molecular weight is 253 g/mol. The number of hydrogen-bond acceptors (Lipinski definition) is 4. The van der Waals surface area contributed by atoms with E-state index in [1.165, 1.54) is 19.3 Å². The molecule has 100 valence electrons. The number of carboxylic acids is 1. The Morgan fingerprint density at radius 2 is 2.33 bits per heavy atom. The predicted molar refractivity (Wildman–Crippen MR) is 64.0 cm³/mol. The predicted octanol–water partition coefficient (Wildman–Crippen LogP) is 1.24. The van der Waals surface area contributed by atoms with Gasteiger partial charge in [0.1, 0.15) is 0 Å². The maximum absolute atomic E-state index is 10.7. The molecule has 1 aromatic heterocycles. The van der Waals surface area contributed by atoms with Crippen molar-refractivity contribution in [2.75, 3.05) is 7.11 Å². The summed E-state index contributed by atoms with van der Waals surface area (Å²) >= 11 is 0. The summed E-state index contributed by atoms with van der Waals surface area (Å²) in [6, 6.07) is 0. The third kappa shape index (κ3) is 3.07. The van der Waals surface area contributed by atoms with Gasteiger partial charge in [-0.15, -0.1) is 5.10 Å². The number of aromatic nitrogens is 3. The van der Waals surface area contributed by atoms with Crippen molar-refractivity contribution >= 4 is 5.97 Å². The number of methoxy groups -OCH3 is 1. The second-order valence-electron chi connectivity index (χ2n) is 4.80. The Hall–Kier alpha value is -1.43. The highest BCUT2D eigenvalue weighted by Gasteiger charge is 2.20. The molecule has 0 aliphatic heterocycles. The number of ether oxygens (including phenoxy) is 1. The van der Waals surface area contributed by atoms with Crippen molar-refractivity contribution in [3.63, 3.8) is 0 Å². The SMILES string of the molecule is COCc1c(CC(=O)O)nnn1CCC1CCC1. The van der Waals surface area contributed by atoms with Crippen LogP contribution in [-0.2, 0) is 29.1 Å². The molecule has 0 unspecified atom stereocenters. The second-order valence-corrected chi connectivity index (χ2v) is 4.80. The van der Waals surface area contributed by atoms with E-state index >= 15 is 0 Å². The largest absolute Gasteiger partial charge is 0.481 e. The van der Waals surface area contributed by atoms with E-state index in [-0.39, 0.29) is 6.42 Å². The van der Waals surface area contributed by atoms with Crippen LogP contribution in [-0.4, -0.2) is 33.2 Å². The van der Waals surface area contributed by atoms with Crippen molar-refractivity contribution in [1.29, 1.82) is 0 Å². The number of carboxylic acid groups (broad SMARTS) is 1. The number of rotatable bonds is 7. The molecule has 18 heavy (non-hydrogen) atoms. The molecule has 1 aromatic rings. The smallest absolute Gasteiger partial charge is 0.309 e. The molecular formula is C12H19N3O3. The van der Waals surface area contributed by atoms with Crippen LogP contribution in [0.15, 0.2) is 0 Å². The normalized spacial score (nSPS) is 15.6. The van der Waals surface area contributed by atoms with Gasteiger partial charge in [0, 0.05) is 13.7 Å². The number of aliphatic carboxylic acids is 1. The molecule has 1 fully saturated rings. The van der Waals surface area contributed by atoms with Gasteiger partial charge in [0.05, 0.1) is 24.4 Å². The summed E-state index contributed by atoms with van der Waals surface area (Å²) in [6.07, 6.45) is 4.93. The number of carbonyl (C=O) groups is 1. The zero-order valence-electron chi connectivity index (χ0n) is 10.6. The van der Waals surface area contributed by atoms with E-state index in [9.17, 15) is 4.79 Å². The molecule has 0 radical (unpaired) electrons. The van der Waals surface area contributed by atoms with Gasteiger partial charge in [-0.1, -0.05) is 24.5 Å². The Bertz CT molecular complexity index is 413. The van der Waals surface area contributed by atoms with Crippen LogP contribution in [0, 0.1) is 5.92 Å². The zero-order valence-corrected chi connectivity index (χ0v) is 10.6. The summed E-state index contributed by atoms with van der Waals surface area (Å²) in [5.41, 5.74) is 1.30. The molecule has 2 rings (SSSR count). The van der Waals surface area contributed by atoms with Crippen LogP contribution in [0.25, 0.3) is 0 Å². The first kappa shape index (κ1) is 13.0. The van der Waals surface area contributed by atoms with Crippen LogP contribution in [0.5, 0.6) is 0 Å². The minimum Gasteiger partial charge on any atom is -0.481 e. The van der Waals surface area contributed by atoms with Gasteiger partial charge in [0.15, 0.2) is 0 Å². The van der Waals surface area contributed by atoms with Crippen LogP contribution < -0.4 is 0 Å². The zero-order chi connectivity index (χ0) is 13.0. The summed E-state index contributed by atoms with van der Waals surface area (Å²) in [5.74, 6) is -0.0917. The highest BCUT2D eigenvalue weighted by Crippen LogP contribution is 2.29. The molecule has 0 aromatic carbocycles. The molecule has 1 aliphatic carbocycles. The van der Waals surface area contributed by atoms with Crippen LogP contribution in [0.4, 0.5) is 0 Å². The van der Waals surface area contributed by atoms with Gasteiger partial charge in [-0.3, -0.25) is 4.79 Å². The highest BCUT2D eigenvalue weighted by atomic mass is 16.5. The van der Waals surface area contributed by atoms with Gasteiger partial charge in [-0.2, -0.15) is 0 Å². The Labute approximate surface area is 106 Å². The molecule has 1 aliphatic rings. The maximum atomic E-state index is 10.7. The van der Waals surface area contributed by atoms with Crippen molar-refractivity contribution in [2.45, 2.75) is 45.3 Å². The maximum Gasteiger partial charge on any atom is 0.309 e. The van der Waals surface area contributed by atoms with E-state index < -0.39 is 5.97 Å². The lowest BCUT2D eigenvalue weighted by molar-refractivity contribution is -0.136. The minimum absolute atomic E-state index is 0.0951. The lowest BCUT2D eigenvalue weighted by Crippen LogP contribution is -2.16. The second kappa shape index (κ2) is 5.95. The van der Waals surface area contributed by atoms with Gasteiger partial charge >= 0.3 is 5.97 Å². The van der Waals surface area contributed by atoms with E-state index in [0.29, 0.717) is 12.3 Å². The van der Waals surface area contributed by atoms with Crippen molar-refractivity contribution < 1.29 is 14.6 Å². The monoisotopic (exact) mass is 253 g/mol. The molecule has 1 N–H and O–H groups in total. The first-order valence-electron chi connectivity index (χ1n) is 6.32. The molecule has 0 bridgehead atoms. The first-order valence-corrected chi connectivity index (χ1v) is 6.32. The quantitative estimate of drug-likeness (QED) is 0.791. The van der Waals surface area contributed by atoms with E-state index in [4.69, 9.17) is 9.84 Å². The van der Waals surface area contributed by atoms with Crippen LogP contribution in [0.2, 0.25) is 0 Å². The molecule has 1 heterocycles. The fraction of sp³-hybridized carbons (Fsp3) is 0.750. The highest BCUT2D eigenvalue weighted by molar-refractivity contribution is 5.69. The molecule has 1 saturated carbocycles. The third-order valence-electron chi connectivity index (χ3n) is 3.49. The lowest BCUT2D eigenvalue weighted by atomic mass is 9.83. The Morgan fingerprint density at radius 3 is 2.89 bits per heavy atom. The summed E-state index contributed by atoms with van der Waals surface area (Å²) < 4.78 is 6.89. The Morgan fingerprint density at radius 1 is 1.56 bits per heavy atom. The van der Waals surface area contributed by atoms with Gasteiger partial charge < -0.3 is 9.84 Å². The van der Waals surface area contributed by atoms with Crippen molar-refractivity contribution in [2.24, 2.45) is 5.92 Å². The topological polar surface area (TPSA) is 77.2 Å². The fourth-order valence-electron chi connectivity index (χ4n) is 2.21.